The maximum atomic E-state index is 13.1. The minimum absolute atomic E-state index is 0.239. The molecular weight excluding hydrogens is 388 g/mol. The molecule has 7 nitrogen and oxygen atoms in total. The molecule has 1 aliphatic rings. The van der Waals surface area contributed by atoms with Gasteiger partial charge in [0.15, 0.2) is 4.83 Å². The van der Waals surface area contributed by atoms with Gasteiger partial charge in [-0.1, -0.05) is 12.1 Å². The van der Waals surface area contributed by atoms with Crippen molar-refractivity contribution in [2.75, 3.05) is 11.9 Å². The average molecular weight is 413 g/mol. The topological polar surface area (TPSA) is 86.1 Å². The van der Waals surface area contributed by atoms with Gasteiger partial charge in [0.25, 0.3) is 5.56 Å². The molecule has 0 saturated carbocycles. The lowest BCUT2D eigenvalue weighted by atomic mass is 9.89. The van der Waals surface area contributed by atoms with Crippen LogP contribution in [-0.4, -0.2) is 27.5 Å². The Balaban J connectivity index is 1.59. The highest BCUT2D eigenvalue weighted by Crippen LogP contribution is 2.35. The van der Waals surface area contributed by atoms with Crippen LogP contribution in [0.15, 0.2) is 29.1 Å². The molecule has 0 aliphatic heterocycles. The Bertz CT molecular complexity index is 1100. The predicted molar refractivity (Wildman–Crippen MR) is 114 cm³/mol. The lowest BCUT2D eigenvalue weighted by Gasteiger charge is -2.17. The number of hydrogen-bond donors (Lipinski definition) is 1. The van der Waals surface area contributed by atoms with Gasteiger partial charge in [-0.25, -0.2) is 0 Å². The van der Waals surface area contributed by atoms with E-state index in [1.54, 1.807) is 42.5 Å². The minimum atomic E-state index is -0.774. The summed E-state index contributed by atoms with van der Waals surface area (Å²) in [4.78, 5) is 27.7. The van der Waals surface area contributed by atoms with Crippen LogP contribution >= 0.6 is 11.3 Å². The molecule has 0 saturated heterocycles. The summed E-state index contributed by atoms with van der Waals surface area (Å²) in [5.41, 5.74) is 1.49. The number of amides is 1. The van der Waals surface area contributed by atoms with Gasteiger partial charge in [-0.2, -0.15) is 4.68 Å². The van der Waals surface area contributed by atoms with E-state index >= 15 is 0 Å². The van der Waals surface area contributed by atoms with E-state index in [0.717, 1.165) is 30.6 Å². The second kappa shape index (κ2) is 7.94. The molecular formula is C21H24N4O3S. The summed E-state index contributed by atoms with van der Waals surface area (Å²) in [7, 11) is 0. The van der Waals surface area contributed by atoms with E-state index in [0.29, 0.717) is 28.4 Å². The quantitative estimate of drug-likeness (QED) is 0.692. The fourth-order valence-corrected chi connectivity index (χ4v) is 5.00. The number of ether oxygens (including phenoxy) is 1. The summed E-state index contributed by atoms with van der Waals surface area (Å²) >= 11 is 1.55. The number of nitrogens with zero attached hydrogens (tertiary/aromatic N) is 3. The van der Waals surface area contributed by atoms with Crippen molar-refractivity contribution in [1.82, 2.24) is 15.0 Å². The fourth-order valence-electron chi connectivity index (χ4n) is 3.68. The zero-order valence-electron chi connectivity index (χ0n) is 16.8. The van der Waals surface area contributed by atoms with Crippen molar-refractivity contribution >= 4 is 33.1 Å². The number of hydrogen-bond acceptors (Lipinski definition) is 6. The van der Waals surface area contributed by atoms with Crippen LogP contribution in [0.2, 0.25) is 0 Å². The molecule has 0 spiro atoms. The molecule has 3 aromatic rings. The number of rotatable bonds is 5. The Morgan fingerprint density at radius 2 is 2.14 bits per heavy atom. The normalized spacial score (nSPS) is 17.0. The van der Waals surface area contributed by atoms with Gasteiger partial charge in [0.2, 0.25) is 5.91 Å². The molecule has 1 N–H and O–H groups in total. The van der Waals surface area contributed by atoms with Crippen molar-refractivity contribution in [3.8, 4) is 5.75 Å². The van der Waals surface area contributed by atoms with Crippen LogP contribution in [0.5, 0.6) is 5.75 Å². The van der Waals surface area contributed by atoms with Crippen molar-refractivity contribution in [2.24, 2.45) is 5.92 Å². The van der Waals surface area contributed by atoms with Crippen LogP contribution in [0, 0.1) is 5.92 Å². The SMILES string of the molecule is CCOc1ccc(NC(=O)[C@H](C)n2nnc3sc4c(c3c2=O)CC[C@H](C)C4)cc1. The third kappa shape index (κ3) is 3.76. The first-order chi connectivity index (χ1) is 14.0. The van der Waals surface area contributed by atoms with Crippen LogP contribution in [0.1, 0.15) is 43.7 Å². The first-order valence-corrected chi connectivity index (χ1v) is 10.7. The Labute approximate surface area is 172 Å². The number of aromatic nitrogens is 3. The zero-order chi connectivity index (χ0) is 20.5. The highest BCUT2D eigenvalue weighted by atomic mass is 32.1. The average Bonchev–Trinajstić information content (AvgIpc) is 3.07. The van der Waals surface area contributed by atoms with E-state index in [9.17, 15) is 9.59 Å². The Kier molecular flexibility index (Phi) is 5.36. The number of aryl methyl sites for hydroxylation is 1. The zero-order valence-corrected chi connectivity index (χ0v) is 17.6. The van der Waals surface area contributed by atoms with Gasteiger partial charge in [0.05, 0.1) is 12.0 Å². The maximum Gasteiger partial charge on any atom is 0.279 e. The van der Waals surface area contributed by atoms with E-state index in [4.69, 9.17) is 4.74 Å². The van der Waals surface area contributed by atoms with Crippen molar-refractivity contribution < 1.29 is 9.53 Å². The highest BCUT2D eigenvalue weighted by molar-refractivity contribution is 7.18. The molecule has 0 radical (unpaired) electrons. The third-order valence-corrected chi connectivity index (χ3v) is 6.46. The van der Waals surface area contributed by atoms with Crippen molar-refractivity contribution in [2.45, 2.75) is 46.1 Å². The molecule has 0 fully saturated rings. The van der Waals surface area contributed by atoms with Crippen molar-refractivity contribution in [3.05, 3.63) is 45.1 Å². The second-order valence-corrected chi connectivity index (χ2v) is 8.58. The van der Waals surface area contributed by atoms with Gasteiger partial charge in [-0.3, -0.25) is 9.59 Å². The Morgan fingerprint density at radius 1 is 1.38 bits per heavy atom. The van der Waals surface area contributed by atoms with Crippen LogP contribution in [0.4, 0.5) is 5.69 Å². The van der Waals surface area contributed by atoms with Crippen LogP contribution in [0.25, 0.3) is 10.2 Å². The van der Waals surface area contributed by atoms with E-state index in [1.807, 2.05) is 6.92 Å². The minimum Gasteiger partial charge on any atom is -0.494 e. The van der Waals surface area contributed by atoms with E-state index in [-0.39, 0.29) is 11.5 Å². The summed E-state index contributed by atoms with van der Waals surface area (Å²) in [6.07, 6.45) is 2.92. The number of nitrogens with one attached hydrogen (secondary N) is 1. The van der Waals surface area contributed by atoms with Gasteiger partial charge < -0.3 is 10.1 Å². The molecule has 29 heavy (non-hydrogen) atoms. The van der Waals surface area contributed by atoms with E-state index < -0.39 is 6.04 Å². The summed E-state index contributed by atoms with van der Waals surface area (Å²) in [6.45, 7) is 6.38. The van der Waals surface area contributed by atoms with Gasteiger partial charge in [0, 0.05) is 10.6 Å². The first kappa shape index (κ1) is 19.6. The maximum absolute atomic E-state index is 13.1. The molecule has 1 amide bonds. The number of benzene rings is 1. The van der Waals surface area contributed by atoms with Crippen LogP contribution < -0.4 is 15.6 Å². The van der Waals surface area contributed by atoms with Gasteiger partial charge in [0.1, 0.15) is 11.8 Å². The van der Waals surface area contributed by atoms with Gasteiger partial charge >= 0.3 is 0 Å². The smallest absolute Gasteiger partial charge is 0.279 e. The molecule has 8 heteroatoms. The van der Waals surface area contributed by atoms with Crippen molar-refractivity contribution in [3.63, 3.8) is 0 Å². The standard InChI is InChI=1S/C21H24N4O3S/c1-4-28-15-8-6-14(7-9-15)22-19(26)13(3)25-21(27)18-16-10-5-12(2)11-17(16)29-20(18)23-24-25/h6-9,12-13H,4-5,10-11H2,1-3H3,(H,22,26)/t12-,13-/m0/s1. The van der Waals surface area contributed by atoms with Gasteiger partial charge in [-0.05, 0) is 68.9 Å². The van der Waals surface area contributed by atoms with E-state index in [1.165, 1.54) is 9.56 Å². The van der Waals surface area contributed by atoms with E-state index in [2.05, 4.69) is 22.6 Å². The Hall–Kier alpha value is -2.74. The fraction of sp³-hybridized carbons (Fsp3) is 0.429. The van der Waals surface area contributed by atoms with Crippen molar-refractivity contribution in [1.29, 1.82) is 0 Å². The molecule has 1 aliphatic carbocycles. The van der Waals surface area contributed by atoms with Crippen LogP contribution in [0.3, 0.4) is 0 Å². The number of thiophene rings is 1. The molecule has 0 bridgehead atoms. The second-order valence-electron chi connectivity index (χ2n) is 7.49. The monoisotopic (exact) mass is 412 g/mol. The summed E-state index contributed by atoms with van der Waals surface area (Å²) < 4.78 is 6.60. The lowest BCUT2D eigenvalue weighted by Crippen LogP contribution is -2.34. The number of anilines is 1. The molecule has 152 valence electrons. The summed E-state index contributed by atoms with van der Waals surface area (Å²) in [5, 5.41) is 11.8. The largest absolute Gasteiger partial charge is 0.494 e. The molecule has 2 heterocycles. The van der Waals surface area contributed by atoms with Crippen LogP contribution in [-0.2, 0) is 17.6 Å². The number of carbonyl (C=O) groups excluding carboxylic acids is 1. The summed E-state index contributed by atoms with van der Waals surface area (Å²) in [6, 6.07) is 6.35. The molecule has 4 rings (SSSR count). The number of fused-ring (bicyclic) bond motifs is 3. The third-order valence-electron chi connectivity index (χ3n) is 5.33. The highest BCUT2D eigenvalue weighted by Gasteiger charge is 2.26. The van der Waals surface area contributed by atoms with Gasteiger partial charge in [-0.15, -0.1) is 16.4 Å². The molecule has 2 atom stereocenters. The first-order valence-electron chi connectivity index (χ1n) is 9.91. The Morgan fingerprint density at radius 3 is 2.86 bits per heavy atom. The predicted octanol–water partition coefficient (Wildman–Crippen LogP) is 3.58. The molecule has 2 aromatic heterocycles. The molecule has 1 aromatic carbocycles. The number of carbonyl (C=O) groups is 1. The lowest BCUT2D eigenvalue weighted by molar-refractivity contribution is -0.119. The molecule has 0 unspecified atom stereocenters. The summed E-state index contributed by atoms with van der Waals surface area (Å²) in [5.74, 6) is 1.04.